The third kappa shape index (κ3) is 3.66. The number of carbonyl (C=O) groups excluding carboxylic acids is 1. The van der Waals surface area contributed by atoms with Crippen molar-refractivity contribution in [2.24, 2.45) is 0 Å². The summed E-state index contributed by atoms with van der Waals surface area (Å²) in [5.74, 6) is 0.849. The maximum absolute atomic E-state index is 11.6. The molecule has 4 nitrogen and oxygen atoms in total. The molecule has 1 atom stereocenters. The van der Waals surface area contributed by atoms with E-state index in [4.69, 9.17) is 4.74 Å². The molecule has 0 heterocycles. The smallest absolute Gasteiger partial charge is 0.242 e. The number of hydrogen-bond donors (Lipinski definition) is 2. The van der Waals surface area contributed by atoms with Crippen molar-refractivity contribution in [2.45, 2.75) is 26.8 Å². The molecule has 1 aromatic rings. The zero-order valence-corrected chi connectivity index (χ0v) is 10.8. The lowest BCUT2D eigenvalue weighted by Crippen LogP contribution is -2.37. The topological polar surface area (TPSA) is 50.4 Å². The molecule has 0 saturated heterocycles. The van der Waals surface area contributed by atoms with Gasteiger partial charge in [0.15, 0.2) is 0 Å². The molecule has 1 rings (SSSR count). The monoisotopic (exact) mass is 236 g/mol. The highest BCUT2D eigenvalue weighted by molar-refractivity contribution is 5.84. The van der Waals surface area contributed by atoms with E-state index in [1.165, 1.54) is 0 Å². The van der Waals surface area contributed by atoms with Gasteiger partial charge in [-0.1, -0.05) is 0 Å². The van der Waals surface area contributed by atoms with Gasteiger partial charge in [-0.2, -0.15) is 0 Å². The van der Waals surface area contributed by atoms with Crippen LogP contribution < -0.4 is 15.4 Å². The minimum atomic E-state index is -0.247. The summed E-state index contributed by atoms with van der Waals surface area (Å²) < 4.78 is 5.18. The number of aryl methyl sites for hydroxylation is 1. The Morgan fingerprint density at radius 3 is 2.71 bits per heavy atom. The Bertz CT molecular complexity index is 391. The highest BCUT2D eigenvalue weighted by atomic mass is 16.5. The lowest BCUT2D eigenvalue weighted by atomic mass is 10.2. The molecule has 0 bridgehead atoms. The van der Waals surface area contributed by atoms with E-state index >= 15 is 0 Å². The second-order valence-corrected chi connectivity index (χ2v) is 3.95. The van der Waals surface area contributed by atoms with Gasteiger partial charge in [0.1, 0.15) is 11.8 Å². The molecular weight excluding hydrogens is 216 g/mol. The molecule has 1 unspecified atom stereocenters. The fourth-order valence-electron chi connectivity index (χ4n) is 1.61. The predicted molar refractivity (Wildman–Crippen MR) is 69.5 cm³/mol. The summed E-state index contributed by atoms with van der Waals surface area (Å²) in [7, 11) is 1.65. The van der Waals surface area contributed by atoms with Crippen LogP contribution in [0.4, 0.5) is 5.69 Å². The third-order valence-corrected chi connectivity index (χ3v) is 2.52. The van der Waals surface area contributed by atoms with Gasteiger partial charge < -0.3 is 15.4 Å². The SMILES string of the molecule is CCNC(=O)C(C)Nc1ccc(OC)c(C)c1. The number of nitrogens with one attached hydrogen (secondary N) is 2. The Labute approximate surface area is 102 Å². The molecule has 4 heteroatoms. The van der Waals surface area contributed by atoms with Gasteiger partial charge in [0, 0.05) is 12.2 Å². The molecule has 0 aromatic heterocycles. The average Bonchev–Trinajstić information content (AvgIpc) is 2.29. The minimum Gasteiger partial charge on any atom is -0.496 e. The highest BCUT2D eigenvalue weighted by Gasteiger charge is 2.11. The first-order valence-electron chi connectivity index (χ1n) is 5.77. The molecule has 0 fully saturated rings. The molecule has 17 heavy (non-hydrogen) atoms. The Kier molecular flexibility index (Phi) is 4.82. The molecule has 94 valence electrons. The second-order valence-electron chi connectivity index (χ2n) is 3.95. The van der Waals surface area contributed by atoms with Crippen molar-refractivity contribution in [3.8, 4) is 5.75 Å². The van der Waals surface area contributed by atoms with Crippen molar-refractivity contribution >= 4 is 11.6 Å². The van der Waals surface area contributed by atoms with Crippen LogP contribution in [-0.2, 0) is 4.79 Å². The van der Waals surface area contributed by atoms with E-state index in [0.29, 0.717) is 6.54 Å². The van der Waals surface area contributed by atoms with Crippen LogP contribution in [0.2, 0.25) is 0 Å². The van der Waals surface area contributed by atoms with E-state index in [9.17, 15) is 4.79 Å². The number of hydrogen-bond acceptors (Lipinski definition) is 3. The lowest BCUT2D eigenvalue weighted by molar-refractivity contribution is -0.121. The zero-order valence-electron chi connectivity index (χ0n) is 10.8. The number of methoxy groups -OCH3 is 1. The molecule has 0 aliphatic heterocycles. The minimum absolute atomic E-state index is 0.000899. The fraction of sp³-hybridized carbons (Fsp3) is 0.462. The van der Waals surface area contributed by atoms with Crippen LogP contribution in [0.5, 0.6) is 5.75 Å². The van der Waals surface area contributed by atoms with E-state index in [-0.39, 0.29) is 11.9 Å². The molecule has 0 aliphatic carbocycles. The third-order valence-electron chi connectivity index (χ3n) is 2.52. The van der Waals surface area contributed by atoms with Crippen LogP contribution in [-0.4, -0.2) is 25.6 Å². The summed E-state index contributed by atoms with van der Waals surface area (Å²) in [6.45, 7) is 6.36. The van der Waals surface area contributed by atoms with Gasteiger partial charge >= 0.3 is 0 Å². The van der Waals surface area contributed by atoms with Gasteiger partial charge in [-0.25, -0.2) is 0 Å². The number of amides is 1. The summed E-state index contributed by atoms with van der Waals surface area (Å²) in [6, 6.07) is 5.51. The van der Waals surface area contributed by atoms with Crippen LogP contribution in [0.15, 0.2) is 18.2 Å². The van der Waals surface area contributed by atoms with Crippen LogP contribution in [0.1, 0.15) is 19.4 Å². The number of ether oxygens (including phenoxy) is 1. The Morgan fingerprint density at radius 2 is 2.18 bits per heavy atom. The lowest BCUT2D eigenvalue weighted by Gasteiger charge is -2.15. The largest absolute Gasteiger partial charge is 0.496 e. The highest BCUT2D eigenvalue weighted by Crippen LogP contribution is 2.21. The quantitative estimate of drug-likeness (QED) is 0.821. The second kappa shape index (κ2) is 6.13. The van der Waals surface area contributed by atoms with Gasteiger partial charge in [0.05, 0.1) is 7.11 Å². The van der Waals surface area contributed by atoms with Gasteiger partial charge in [-0.05, 0) is 44.5 Å². The average molecular weight is 236 g/mol. The first-order valence-corrected chi connectivity index (χ1v) is 5.77. The van der Waals surface area contributed by atoms with Gasteiger partial charge in [-0.15, -0.1) is 0 Å². The molecule has 0 saturated carbocycles. The first-order chi connectivity index (χ1) is 8.08. The zero-order chi connectivity index (χ0) is 12.8. The summed E-state index contributed by atoms with van der Waals surface area (Å²) in [4.78, 5) is 11.6. The molecule has 0 spiro atoms. The maximum Gasteiger partial charge on any atom is 0.242 e. The number of anilines is 1. The molecule has 2 N–H and O–H groups in total. The summed E-state index contributed by atoms with van der Waals surface area (Å²) in [5.41, 5.74) is 1.96. The molecule has 1 aromatic carbocycles. The summed E-state index contributed by atoms with van der Waals surface area (Å²) >= 11 is 0. The number of rotatable bonds is 5. The van der Waals surface area contributed by atoms with E-state index in [0.717, 1.165) is 17.0 Å². The Hall–Kier alpha value is -1.71. The molecule has 0 radical (unpaired) electrons. The normalized spacial score (nSPS) is 11.8. The Balaban J connectivity index is 2.68. The van der Waals surface area contributed by atoms with Crippen molar-refractivity contribution in [2.75, 3.05) is 19.0 Å². The van der Waals surface area contributed by atoms with Crippen LogP contribution in [0, 0.1) is 6.92 Å². The summed E-state index contributed by atoms with van der Waals surface area (Å²) in [5, 5.41) is 5.93. The van der Waals surface area contributed by atoms with Crippen molar-refractivity contribution in [1.29, 1.82) is 0 Å². The van der Waals surface area contributed by atoms with E-state index in [1.54, 1.807) is 7.11 Å². The van der Waals surface area contributed by atoms with E-state index in [1.807, 2.05) is 39.0 Å². The Morgan fingerprint density at radius 1 is 1.47 bits per heavy atom. The molecule has 1 amide bonds. The standard InChI is InChI=1S/C13H20N2O2/c1-5-14-13(16)10(3)15-11-6-7-12(17-4)9(2)8-11/h6-8,10,15H,5H2,1-4H3,(H,14,16). The van der Waals surface area contributed by atoms with Crippen molar-refractivity contribution in [3.05, 3.63) is 23.8 Å². The first kappa shape index (κ1) is 13.4. The number of benzene rings is 1. The van der Waals surface area contributed by atoms with E-state index < -0.39 is 0 Å². The fourth-order valence-corrected chi connectivity index (χ4v) is 1.61. The molecular formula is C13H20N2O2. The number of likely N-dealkylation sites (N-methyl/N-ethyl adjacent to an activating group) is 1. The maximum atomic E-state index is 11.6. The predicted octanol–water partition coefficient (Wildman–Crippen LogP) is 1.94. The number of carbonyl (C=O) groups is 1. The van der Waals surface area contributed by atoms with Crippen molar-refractivity contribution in [1.82, 2.24) is 5.32 Å². The summed E-state index contributed by atoms with van der Waals surface area (Å²) in [6.07, 6.45) is 0. The molecule has 0 aliphatic rings. The van der Waals surface area contributed by atoms with Gasteiger partial charge in [0.25, 0.3) is 0 Å². The van der Waals surface area contributed by atoms with Crippen molar-refractivity contribution < 1.29 is 9.53 Å². The van der Waals surface area contributed by atoms with Crippen LogP contribution >= 0.6 is 0 Å². The van der Waals surface area contributed by atoms with Gasteiger partial charge in [0.2, 0.25) is 5.91 Å². The van der Waals surface area contributed by atoms with Crippen LogP contribution in [0.25, 0.3) is 0 Å². The van der Waals surface area contributed by atoms with Crippen molar-refractivity contribution in [3.63, 3.8) is 0 Å². The van der Waals surface area contributed by atoms with Gasteiger partial charge in [-0.3, -0.25) is 4.79 Å². The van der Waals surface area contributed by atoms with E-state index in [2.05, 4.69) is 10.6 Å². The van der Waals surface area contributed by atoms with Crippen LogP contribution in [0.3, 0.4) is 0 Å².